The third kappa shape index (κ3) is 0.615. The van der Waals surface area contributed by atoms with E-state index in [1.54, 1.807) is 0 Å². The van der Waals surface area contributed by atoms with Gasteiger partial charge in [-0.2, -0.15) is 5.26 Å². The van der Waals surface area contributed by atoms with Crippen LogP contribution in [0.4, 0.5) is 0 Å². The molecular formula is C8H12N2. The summed E-state index contributed by atoms with van der Waals surface area (Å²) in [5.41, 5.74) is 0.481. The molecule has 0 aromatic rings. The highest BCUT2D eigenvalue weighted by atomic mass is 15.0. The van der Waals surface area contributed by atoms with Crippen LogP contribution in [-0.2, 0) is 0 Å². The van der Waals surface area contributed by atoms with E-state index in [1.165, 1.54) is 12.8 Å². The van der Waals surface area contributed by atoms with Gasteiger partial charge < -0.3 is 5.32 Å². The molecule has 0 saturated heterocycles. The quantitative estimate of drug-likeness (QED) is 0.584. The molecule has 1 spiro atoms. The first-order valence-corrected chi connectivity index (χ1v) is 3.84. The molecule has 0 amide bonds. The zero-order chi connectivity index (χ0) is 7.24. The minimum atomic E-state index is -0.142. The lowest BCUT2D eigenvalue weighted by Gasteiger charge is -2.43. The molecule has 0 bridgehead atoms. The summed E-state index contributed by atoms with van der Waals surface area (Å²) in [4.78, 5) is 0. The summed E-state index contributed by atoms with van der Waals surface area (Å²) in [6.07, 6.45) is 4.90. The molecule has 2 aliphatic carbocycles. The average Bonchev–Trinajstić information content (AvgIpc) is 2.63. The third-order valence-corrected chi connectivity index (χ3v) is 3.00. The molecule has 0 atom stereocenters. The Bertz CT molecular complexity index is 190. The van der Waals surface area contributed by atoms with Gasteiger partial charge in [0.25, 0.3) is 0 Å². The van der Waals surface area contributed by atoms with Crippen LogP contribution in [0.3, 0.4) is 0 Å². The van der Waals surface area contributed by atoms with Crippen molar-refractivity contribution in [2.75, 3.05) is 7.05 Å². The van der Waals surface area contributed by atoms with Gasteiger partial charge in [0, 0.05) is 0 Å². The van der Waals surface area contributed by atoms with Gasteiger partial charge in [0.15, 0.2) is 0 Å². The second-order valence-corrected chi connectivity index (χ2v) is 3.80. The zero-order valence-corrected chi connectivity index (χ0v) is 6.28. The summed E-state index contributed by atoms with van der Waals surface area (Å²) in [5, 5.41) is 11.9. The van der Waals surface area contributed by atoms with Crippen LogP contribution < -0.4 is 5.32 Å². The van der Waals surface area contributed by atoms with E-state index in [9.17, 15) is 0 Å². The predicted molar refractivity (Wildman–Crippen MR) is 38.3 cm³/mol. The van der Waals surface area contributed by atoms with Crippen LogP contribution in [0.5, 0.6) is 0 Å². The molecular weight excluding hydrogens is 124 g/mol. The van der Waals surface area contributed by atoms with Crippen LogP contribution >= 0.6 is 0 Å². The Balaban J connectivity index is 2.03. The lowest BCUT2D eigenvalue weighted by Crippen LogP contribution is -2.53. The molecule has 0 aromatic heterocycles. The number of nitriles is 1. The van der Waals surface area contributed by atoms with E-state index in [-0.39, 0.29) is 5.54 Å². The van der Waals surface area contributed by atoms with Crippen LogP contribution in [0, 0.1) is 16.7 Å². The highest BCUT2D eigenvalue weighted by molar-refractivity contribution is 5.24. The molecule has 1 N–H and O–H groups in total. The second-order valence-electron chi connectivity index (χ2n) is 3.80. The number of rotatable bonds is 1. The van der Waals surface area contributed by atoms with E-state index in [0.717, 1.165) is 12.8 Å². The van der Waals surface area contributed by atoms with Gasteiger partial charge in [0.1, 0.15) is 5.54 Å². The minimum Gasteiger partial charge on any atom is -0.302 e. The molecule has 10 heavy (non-hydrogen) atoms. The summed E-state index contributed by atoms with van der Waals surface area (Å²) in [6, 6.07) is 2.35. The van der Waals surface area contributed by atoms with Crippen molar-refractivity contribution in [1.29, 1.82) is 5.26 Å². The fourth-order valence-corrected chi connectivity index (χ4v) is 2.07. The van der Waals surface area contributed by atoms with Crippen molar-refractivity contribution in [2.24, 2.45) is 5.41 Å². The van der Waals surface area contributed by atoms with Crippen LogP contribution in [0.15, 0.2) is 0 Å². The van der Waals surface area contributed by atoms with Gasteiger partial charge in [-0.3, -0.25) is 0 Å². The molecule has 2 rings (SSSR count). The maximum Gasteiger partial charge on any atom is 0.107 e. The highest BCUT2D eigenvalue weighted by Gasteiger charge is 2.60. The maximum atomic E-state index is 8.78. The SMILES string of the molecule is CNC1(C#N)CC2(CC2)C1. The molecule has 54 valence electrons. The number of hydrogen-bond donors (Lipinski definition) is 1. The van der Waals surface area contributed by atoms with E-state index in [1.807, 2.05) is 7.05 Å². The van der Waals surface area contributed by atoms with E-state index in [4.69, 9.17) is 5.26 Å². The third-order valence-electron chi connectivity index (χ3n) is 3.00. The van der Waals surface area contributed by atoms with Gasteiger partial charge >= 0.3 is 0 Å². The van der Waals surface area contributed by atoms with Crippen LogP contribution in [-0.4, -0.2) is 12.6 Å². The zero-order valence-electron chi connectivity index (χ0n) is 6.28. The van der Waals surface area contributed by atoms with Gasteiger partial charge in [-0.05, 0) is 38.1 Å². The Hall–Kier alpha value is -0.550. The molecule has 0 aromatic carbocycles. The maximum absolute atomic E-state index is 8.78. The van der Waals surface area contributed by atoms with E-state index < -0.39 is 0 Å². The predicted octanol–water partition coefficient (Wildman–Crippen LogP) is 1.04. The first-order valence-electron chi connectivity index (χ1n) is 3.84. The highest BCUT2D eigenvalue weighted by Crippen LogP contribution is 2.64. The van der Waals surface area contributed by atoms with Crippen molar-refractivity contribution < 1.29 is 0 Å². The molecule has 2 aliphatic rings. The first kappa shape index (κ1) is 6.18. The molecule has 0 radical (unpaired) electrons. The van der Waals surface area contributed by atoms with E-state index >= 15 is 0 Å². The Morgan fingerprint density at radius 1 is 1.40 bits per heavy atom. The minimum absolute atomic E-state index is 0.142. The number of hydrogen-bond acceptors (Lipinski definition) is 2. The van der Waals surface area contributed by atoms with Crippen molar-refractivity contribution in [3.63, 3.8) is 0 Å². The van der Waals surface area contributed by atoms with Crippen LogP contribution in [0.25, 0.3) is 0 Å². The van der Waals surface area contributed by atoms with Crippen molar-refractivity contribution >= 4 is 0 Å². The molecule has 2 heteroatoms. The first-order chi connectivity index (χ1) is 4.74. The largest absolute Gasteiger partial charge is 0.302 e. The standard InChI is InChI=1S/C8H12N2/c1-10-8(6-9)4-7(5-8)2-3-7/h10H,2-5H2,1H3. The van der Waals surface area contributed by atoms with Gasteiger partial charge in [-0.1, -0.05) is 0 Å². The van der Waals surface area contributed by atoms with Crippen LogP contribution in [0.2, 0.25) is 0 Å². The van der Waals surface area contributed by atoms with E-state index in [0.29, 0.717) is 5.41 Å². The van der Waals surface area contributed by atoms with Crippen molar-refractivity contribution in [3.05, 3.63) is 0 Å². The fraction of sp³-hybridized carbons (Fsp3) is 0.875. The summed E-state index contributed by atoms with van der Waals surface area (Å²) < 4.78 is 0. The number of nitrogens with one attached hydrogen (secondary N) is 1. The second kappa shape index (κ2) is 1.54. The summed E-state index contributed by atoms with van der Waals surface area (Å²) in [5.74, 6) is 0. The summed E-state index contributed by atoms with van der Waals surface area (Å²) >= 11 is 0. The van der Waals surface area contributed by atoms with Crippen LogP contribution in [0.1, 0.15) is 25.7 Å². The summed E-state index contributed by atoms with van der Waals surface area (Å²) in [7, 11) is 1.89. The van der Waals surface area contributed by atoms with Gasteiger partial charge in [-0.25, -0.2) is 0 Å². The molecule has 0 aliphatic heterocycles. The van der Waals surface area contributed by atoms with Crippen molar-refractivity contribution in [3.8, 4) is 6.07 Å². The lowest BCUT2D eigenvalue weighted by atomic mass is 9.66. The summed E-state index contributed by atoms with van der Waals surface area (Å²) in [6.45, 7) is 0. The van der Waals surface area contributed by atoms with Gasteiger partial charge in [0.05, 0.1) is 6.07 Å². The number of nitrogens with zero attached hydrogens (tertiary/aromatic N) is 1. The molecule has 2 nitrogen and oxygen atoms in total. The van der Waals surface area contributed by atoms with Gasteiger partial charge in [-0.15, -0.1) is 0 Å². The normalized spacial score (nSPS) is 30.8. The smallest absolute Gasteiger partial charge is 0.107 e. The Morgan fingerprint density at radius 3 is 2.30 bits per heavy atom. The Morgan fingerprint density at radius 2 is 2.00 bits per heavy atom. The Labute approximate surface area is 61.2 Å². The van der Waals surface area contributed by atoms with Crippen molar-refractivity contribution in [2.45, 2.75) is 31.2 Å². The Kier molecular flexibility index (Phi) is 0.952. The molecule has 2 saturated carbocycles. The van der Waals surface area contributed by atoms with Gasteiger partial charge in [0.2, 0.25) is 0 Å². The fourth-order valence-electron chi connectivity index (χ4n) is 2.07. The monoisotopic (exact) mass is 136 g/mol. The lowest BCUT2D eigenvalue weighted by molar-refractivity contribution is 0.145. The molecule has 0 unspecified atom stereocenters. The average molecular weight is 136 g/mol. The topological polar surface area (TPSA) is 35.8 Å². The molecule has 2 fully saturated rings. The van der Waals surface area contributed by atoms with Crippen molar-refractivity contribution in [1.82, 2.24) is 5.32 Å². The van der Waals surface area contributed by atoms with E-state index in [2.05, 4.69) is 11.4 Å². The molecule has 0 heterocycles.